The Hall–Kier alpha value is -3.71. The van der Waals surface area contributed by atoms with Crippen molar-refractivity contribution in [3.05, 3.63) is 108 Å². The highest BCUT2D eigenvalue weighted by Crippen LogP contribution is 2.42. The summed E-state index contributed by atoms with van der Waals surface area (Å²) < 4.78 is 21.2. The van der Waals surface area contributed by atoms with Crippen molar-refractivity contribution in [1.82, 2.24) is 14.9 Å². The van der Waals surface area contributed by atoms with E-state index in [2.05, 4.69) is 33.9 Å². The third-order valence-corrected chi connectivity index (χ3v) is 6.26. The number of rotatable bonds is 5. The molecular weight excluding hydrogens is 435 g/mol. The first kappa shape index (κ1) is 21.2. The molecular formula is C26H23FN4OS. The number of halogens is 1. The van der Waals surface area contributed by atoms with Gasteiger partial charge in [0.25, 0.3) is 0 Å². The summed E-state index contributed by atoms with van der Waals surface area (Å²) in [7, 11) is 1.66. The van der Waals surface area contributed by atoms with Crippen molar-refractivity contribution in [2.24, 2.45) is 0 Å². The minimum absolute atomic E-state index is 0.185. The molecule has 2 atom stereocenters. The number of methoxy groups -OCH3 is 1. The molecule has 1 aliphatic heterocycles. The minimum Gasteiger partial charge on any atom is -0.497 e. The molecule has 3 heterocycles. The van der Waals surface area contributed by atoms with Crippen molar-refractivity contribution in [3.8, 4) is 11.4 Å². The van der Waals surface area contributed by atoms with Crippen molar-refractivity contribution in [2.45, 2.75) is 19.0 Å². The first-order chi connectivity index (χ1) is 16.1. The summed E-state index contributed by atoms with van der Waals surface area (Å²) in [5.41, 5.74) is 4.86. The molecule has 33 heavy (non-hydrogen) atoms. The monoisotopic (exact) mass is 458 g/mol. The smallest absolute Gasteiger partial charge is 0.174 e. The van der Waals surface area contributed by atoms with Crippen LogP contribution < -0.4 is 15.0 Å². The fraction of sp³-hybridized carbons (Fsp3) is 0.154. The average molecular weight is 459 g/mol. The Morgan fingerprint density at radius 3 is 2.33 bits per heavy atom. The number of hydrogen-bond acceptors (Lipinski definition) is 3. The quantitative estimate of drug-likeness (QED) is 0.400. The summed E-state index contributed by atoms with van der Waals surface area (Å²) >= 11 is 5.78. The van der Waals surface area contributed by atoms with Crippen LogP contribution in [0.2, 0.25) is 0 Å². The normalized spacial score (nSPS) is 17.8. The third-order valence-electron chi connectivity index (χ3n) is 5.94. The fourth-order valence-corrected chi connectivity index (χ4v) is 4.75. The molecule has 5 nitrogen and oxygen atoms in total. The Bertz CT molecular complexity index is 1270. The molecule has 0 radical (unpaired) electrons. The van der Waals surface area contributed by atoms with Crippen LogP contribution in [0.4, 0.5) is 10.1 Å². The molecule has 1 N–H and O–H groups in total. The highest BCUT2D eigenvalue weighted by atomic mass is 32.1. The molecule has 0 unspecified atom stereocenters. The zero-order valence-electron chi connectivity index (χ0n) is 18.3. The Kier molecular flexibility index (Phi) is 5.56. The van der Waals surface area contributed by atoms with Gasteiger partial charge in [0.05, 0.1) is 18.8 Å². The summed E-state index contributed by atoms with van der Waals surface area (Å²) in [6.07, 6.45) is 1.78. The Balaban J connectivity index is 1.67. The van der Waals surface area contributed by atoms with Gasteiger partial charge >= 0.3 is 0 Å². The van der Waals surface area contributed by atoms with Gasteiger partial charge in [-0.1, -0.05) is 6.07 Å². The van der Waals surface area contributed by atoms with Crippen molar-refractivity contribution in [3.63, 3.8) is 0 Å². The van der Waals surface area contributed by atoms with E-state index in [0.29, 0.717) is 5.11 Å². The van der Waals surface area contributed by atoms with E-state index in [9.17, 15) is 4.39 Å². The lowest BCUT2D eigenvalue weighted by Crippen LogP contribution is -2.30. The number of nitrogens with zero attached hydrogens (tertiary/aromatic N) is 3. The maximum Gasteiger partial charge on any atom is 0.174 e. The molecule has 0 bridgehead atoms. The van der Waals surface area contributed by atoms with E-state index >= 15 is 0 Å². The van der Waals surface area contributed by atoms with Gasteiger partial charge in [-0.15, -0.1) is 0 Å². The van der Waals surface area contributed by atoms with Crippen LogP contribution in [-0.2, 0) is 0 Å². The number of benzene rings is 2. The highest BCUT2D eigenvalue weighted by Gasteiger charge is 2.42. The Morgan fingerprint density at radius 2 is 1.67 bits per heavy atom. The Morgan fingerprint density at radius 1 is 0.939 bits per heavy atom. The maximum atomic E-state index is 13.7. The van der Waals surface area contributed by atoms with Crippen LogP contribution >= 0.6 is 12.2 Å². The molecule has 0 aliphatic carbocycles. The van der Waals surface area contributed by atoms with Crippen LogP contribution in [0.25, 0.3) is 5.69 Å². The van der Waals surface area contributed by atoms with Gasteiger partial charge in [-0.25, -0.2) is 4.39 Å². The van der Waals surface area contributed by atoms with Gasteiger partial charge in [-0.3, -0.25) is 4.98 Å². The van der Waals surface area contributed by atoms with Gasteiger partial charge in [-0.05, 0) is 91.9 Å². The molecule has 1 fully saturated rings. The van der Waals surface area contributed by atoms with E-state index in [1.165, 1.54) is 12.1 Å². The summed E-state index contributed by atoms with van der Waals surface area (Å²) in [6.45, 7) is 2.08. The van der Waals surface area contributed by atoms with Gasteiger partial charge in [-0.2, -0.15) is 0 Å². The second kappa shape index (κ2) is 8.67. The first-order valence-electron chi connectivity index (χ1n) is 10.7. The standard InChI is InChI=1S/C26H23FN4OS/c1-17-6-15-23(30(17)19-11-13-21(32-2)14-12-19)25-24(22-5-3-4-16-28-22)29-26(33)31(25)20-9-7-18(27)8-10-20/h3-16,24-25H,1-2H3,(H,29,33)/t24-,25+/m1/s1. The SMILES string of the molecule is COc1ccc(-n2c(C)ccc2[C@H]2[C@@H](c3ccccn3)NC(=S)N2c2ccc(F)cc2)cc1. The van der Waals surface area contributed by atoms with Crippen molar-refractivity contribution in [2.75, 3.05) is 12.0 Å². The summed E-state index contributed by atoms with van der Waals surface area (Å²) in [5, 5.41) is 4.03. The maximum absolute atomic E-state index is 13.7. The number of ether oxygens (including phenoxy) is 1. The van der Waals surface area contributed by atoms with Crippen LogP contribution in [0.15, 0.2) is 85.1 Å². The van der Waals surface area contributed by atoms with Crippen LogP contribution in [0, 0.1) is 12.7 Å². The average Bonchev–Trinajstić information content (AvgIpc) is 3.39. The lowest BCUT2D eigenvalue weighted by atomic mass is 10.0. The second-order valence-electron chi connectivity index (χ2n) is 7.91. The lowest BCUT2D eigenvalue weighted by molar-refractivity contribution is 0.414. The summed E-state index contributed by atoms with van der Waals surface area (Å²) in [6, 6.07) is 24.1. The first-order valence-corrected chi connectivity index (χ1v) is 11.1. The highest BCUT2D eigenvalue weighted by molar-refractivity contribution is 7.80. The molecule has 2 aromatic carbocycles. The van der Waals surface area contributed by atoms with Crippen molar-refractivity contribution in [1.29, 1.82) is 0 Å². The van der Waals surface area contributed by atoms with Crippen LogP contribution in [0.1, 0.15) is 29.2 Å². The van der Waals surface area contributed by atoms with Crippen molar-refractivity contribution >= 4 is 23.0 Å². The lowest BCUT2D eigenvalue weighted by Gasteiger charge is -2.29. The zero-order valence-corrected chi connectivity index (χ0v) is 19.1. The summed E-state index contributed by atoms with van der Waals surface area (Å²) in [4.78, 5) is 6.66. The van der Waals surface area contributed by atoms with Crippen LogP contribution in [-0.4, -0.2) is 21.8 Å². The second-order valence-corrected chi connectivity index (χ2v) is 8.29. The third kappa shape index (κ3) is 3.85. The molecule has 166 valence electrons. The van der Waals surface area contributed by atoms with E-state index in [4.69, 9.17) is 17.0 Å². The van der Waals surface area contributed by atoms with E-state index < -0.39 is 0 Å². The van der Waals surface area contributed by atoms with E-state index in [1.807, 2.05) is 47.4 Å². The molecule has 1 saturated heterocycles. The fourth-order valence-electron chi connectivity index (χ4n) is 4.41. The van der Waals surface area contributed by atoms with Crippen LogP contribution in [0.3, 0.4) is 0 Å². The molecule has 1 aliphatic rings. The number of anilines is 1. The van der Waals surface area contributed by atoms with E-state index in [1.54, 1.807) is 25.4 Å². The van der Waals surface area contributed by atoms with Crippen molar-refractivity contribution < 1.29 is 9.13 Å². The molecule has 0 spiro atoms. The van der Waals surface area contributed by atoms with Crippen LogP contribution in [0.5, 0.6) is 5.75 Å². The molecule has 7 heteroatoms. The van der Waals surface area contributed by atoms with Gasteiger partial charge < -0.3 is 19.5 Å². The Labute approximate surface area is 197 Å². The number of hydrogen-bond donors (Lipinski definition) is 1. The van der Waals surface area contributed by atoms with Gasteiger partial charge in [0, 0.05) is 29.0 Å². The minimum atomic E-state index is -0.285. The molecule has 0 saturated carbocycles. The number of nitrogens with one attached hydrogen (secondary N) is 1. The zero-order chi connectivity index (χ0) is 22.9. The molecule has 0 amide bonds. The number of aryl methyl sites for hydroxylation is 1. The largest absolute Gasteiger partial charge is 0.497 e. The number of aromatic nitrogens is 2. The van der Waals surface area contributed by atoms with E-state index in [-0.39, 0.29) is 17.9 Å². The molecule has 4 aromatic rings. The predicted octanol–water partition coefficient (Wildman–Crippen LogP) is 5.51. The summed E-state index contributed by atoms with van der Waals surface area (Å²) in [5.74, 6) is 0.514. The van der Waals surface area contributed by atoms with Gasteiger partial charge in [0.2, 0.25) is 0 Å². The van der Waals surface area contributed by atoms with Gasteiger partial charge in [0.15, 0.2) is 5.11 Å². The topological polar surface area (TPSA) is 42.3 Å². The van der Waals surface area contributed by atoms with E-state index in [0.717, 1.165) is 34.2 Å². The predicted molar refractivity (Wildman–Crippen MR) is 131 cm³/mol. The molecule has 2 aromatic heterocycles. The number of pyridine rings is 1. The molecule has 5 rings (SSSR count). The van der Waals surface area contributed by atoms with Gasteiger partial charge in [0.1, 0.15) is 17.6 Å². The number of thiocarbonyl (C=S) groups is 1.